The van der Waals surface area contributed by atoms with E-state index in [4.69, 9.17) is 4.74 Å². The summed E-state index contributed by atoms with van der Waals surface area (Å²) in [6, 6.07) is 8.43. The summed E-state index contributed by atoms with van der Waals surface area (Å²) < 4.78 is 5.15. The molecule has 1 atom stereocenters. The van der Waals surface area contributed by atoms with Gasteiger partial charge >= 0.3 is 0 Å². The van der Waals surface area contributed by atoms with Crippen molar-refractivity contribution in [3.63, 3.8) is 0 Å². The molecule has 0 bridgehead atoms. The highest BCUT2D eigenvalue weighted by atomic mass is 16.5. The monoisotopic (exact) mass is 330 g/mol. The molecule has 0 aromatic heterocycles. The van der Waals surface area contributed by atoms with Gasteiger partial charge in [0.25, 0.3) is 0 Å². The molecule has 0 radical (unpaired) electrons. The smallest absolute Gasteiger partial charge is 0.224 e. The zero-order valence-corrected chi connectivity index (χ0v) is 14.3. The van der Waals surface area contributed by atoms with E-state index in [1.807, 2.05) is 17.0 Å². The first kappa shape index (κ1) is 16.8. The summed E-state index contributed by atoms with van der Waals surface area (Å²) in [5, 5.41) is 3.04. The Kier molecular flexibility index (Phi) is 5.38. The van der Waals surface area contributed by atoms with Crippen molar-refractivity contribution in [1.29, 1.82) is 0 Å². The number of likely N-dealkylation sites (tertiary alicyclic amines) is 1. The van der Waals surface area contributed by atoms with Crippen LogP contribution in [0.15, 0.2) is 24.3 Å². The van der Waals surface area contributed by atoms with E-state index in [-0.39, 0.29) is 17.7 Å². The predicted molar refractivity (Wildman–Crippen MR) is 91.8 cm³/mol. The zero-order chi connectivity index (χ0) is 16.9. The molecule has 3 rings (SSSR count). The fraction of sp³-hybridized carbons (Fsp3) is 0.579. The maximum Gasteiger partial charge on any atom is 0.224 e. The van der Waals surface area contributed by atoms with Crippen LogP contribution in [-0.4, -0.2) is 43.0 Å². The van der Waals surface area contributed by atoms with Gasteiger partial charge in [-0.15, -0.1) is 0 Å². The first-order chi connectivity index (χ1) is 11.7. The molecule has 0 spiro atoms. The molecule has 5 heteroatoms. The van der Waals surface area contributed by atoms with Crippen molar-refractivity contribution in [3.8, 4) is 5.75 Å². The quantitative estimate of drug-likeness (QED) is 0.779. The van der Waals surface area contributed by atoms with E-state index in [0.717, 1.165) is 31.4 Å². The minimum Gasteiger partial charge on any atom is -0.497 e. The first-order valence-electron chi connectivity index (χ1n) is 8.87. The third-order valence-corrected chi connectivity index (χ3v) is 4.90. The number of nitrogens with zero attached hydrogens (tertiary/aromatic N) is 1. The maximum absolute atomic E-state index is 12.3. The number of hydrogen-bond donors (Lipinski definition) is 1. The summed E-state index contributed by atoms with van der Waals surface area (Å²) in [6.45, 7) is 1.28. The molecule has 1 aromatic rings. The van der Waals surface area contributed by atoms with Gasteiger partial charge in [0.2, 0.25) is 11.8 Å². The van der Waals surface area contributed by atoms with Crippen LogP contribution in [0.1, 0.15) is 37.7 Å². The molecular formula is C19H26N2O3. The lowest BCUT2D eigenvalue weighted by molar-refractivity contribution is -0.138. The maximum atomic E-state index is 12.3. The highest BCUT2D eigenvalue weighted by Gasteiger charge is 2.38. The molecule has 5 nitrogen and oxygen atoms in total. The molecule has 2 amide bonds. The van der Waals surface area contributed by atoms with Crippen molar-refractivity contribution in [2.45, 2.75) is 44.6 Å². The molecule has 24 heavy (non-hydrogen) atoms. The molecule has 2 fully saturated rings. The fourth-order valence-electron chi connectivity index (χ4n) is 3.27. The Labute approximate surface area is 143 Å². The highest BCUT2D eigenvalue weighted by Crippen LogP contribution is 2.31. The summed E-state index contributed by atoms with van der Waals surface area (Å²) in [5.41, 5.74) is 1.24. The molecule has 1 saturated carbocycles. The van der Waals surface area contributed by atoms with Gasteiger partial charge in [0.05, 0.1) is 13.0 Å². The van der Waals surface area contributed by atoms with Crippen LogP contribution < -0.4 is 10.1 Å². The molecule has 1 saturated heterocycles. The van der Waals surface area contributed by atoms with Crippen LogP contribution in [-0.2, 0) is 16.0 Å². The molecule has 1 heterocycles. The minimum absolute atomic E-state index is 0.0377. The number of benzene rings is 1. The molecule has 1 N–H and O–H groups in total. The van der Waals surface area contributed by atoms with Gasteiger partial charge in [0.1, 0.15) is 5.75 Å². The van der Waals surface area contributed by atoms with E-state index in [1.54, 1.807) is 7.11 Å². The predicted octanol–water partition coefficient (Wildman–Crippen LogP) is 2.14. The van der Waals surface area contributed by atoms with Crippen LogP contribution in [0.25, 0.3) is 0 Å². The van der Waals surface area contributed by atoms with Crippen LogP contribution in [0.4, 0.5) is 0 Å². The van der Waals surface area contributed by atoms with Crippen molar-refractivity contribution >= 4 is 11.8 Å². The fourth-order valence-corrected chi connectivity index (χ4v) is 3.27. The average molecular weight is 330 g/mol. The number of amides is 2. The van der Waals surface area contributed by atoms with Crippen molar-refractivity contribution in [2.75, 3.05) is 20.2 Å². The Hall–Kier alpha value is -2.04. The standard InChI is InChI=1S/C19H26N2O3/c1-24-17-9-4-14(5-10-17)3-2-12-20-19(23)15-6-11-18(22)21(13-15)16-7-8-16/h4-5,9-10,15-16H,2-3,6-8,11-13H2,1H3,(H,20,23). The summed E-state index contributed by atoms with van der Waals surface area (Å²) in [7, 11) is 1.66. The second kappa shape index (κ2) is 7.69. The second-order valence-electron chi connectivity index (χ2n) is 6.76. The van der Waals surface area contributed by atoms with E-state index in [9.17, 15) is 9.59 Å². The average Bonchev–Trinajstić information content (AvgIpc) is 3.44. The van der Waals surface area contributed by atoms with Crippen molar-refractivity contribution in [2.24, 2.45) is 5.92 Å². The molecule has 1 aliphatic carbocycles. The Bertz CT molecular complexity index is 581. The highest BCUT2D eigenvalue weighted by molar-refractivity contribution is 5.84. The van der Waals surface area contributed by atoms with E-state index >= 15 is 0 Å². The number of rotatable bonds is 7. The topological polar surface area (TPSA) is 58.6 Å². The van der Waals surface area contributed by atoms with Crippen LogP contribution in [0.2, 0.25) is 0 Å². The van der Waals surface area contributed by atoms with Gasteiger partial charge < -0.3 is 15.0 Å². The van der Waals surface area contributed by atoms with Crippen molar-refractivity contribution in [1.82, 2.24) is 10.2 Å². The lowest BCUT2D eigenvalue weighted by Gasteiger charge is -2.32. The van der Waals surface area contributed by atoms with E-state index in [2.05, 4.69) is 17.4 Å². The Morgan fingerprint density at radius 3 is 2.67 bits per heavy atom. The molecule has 2 aliphatic rings. The zero-order valence-electron chi connectivity index (χ0n) is 14.3. The Morgan fingerprint density at radius 2 is 2.00 bits per heavy atom. The van der Waals surface area contributed by atoms with Crippen LogP contribution in [0.3, 0.4) is 0 Å². The Balaban J connectivity index is 1.38. The lowest BCUT2D eigenvalue weighted by Crippen LogP contribution is -2.46. The van der Waals surface area contributed by atoms with Gasteiger partial charge in [-0.3, -0.25) is 9.59 Å². The molecular weight excluding hydrogens is 304 g/mol. The number of piperidine rings is 1. The van der Waals surface area contributed by atoms with Gasteiger partial charge in [-0.1, -0.05) is 12.1 Å². The van der Waals surface area contributed by atoms with Crippen LogP contribution >= 0.6 is 0 Å². The van der Waals surface area contributed by atoms with E-state index in [1.165, 1.54) is 5.56 Å². The summed E-state index contributed by atoms with van der Waals surface area (Å²) in [6.07, 6.45) is 5.24. The number of carbonyl (C=O) groups excluding carboxylic acids is 2. The number of aryl methyl sites for hydroxylation is 1. The largest absolute Gasteiger partial charge is 0.497 e. The van der Waals surface area contributed by atoms with Gasteiger partial charge in [0.15, 0.2) is 0 Å². The van der Waals surface area contributed by atoms with Gasteiger partial charge in [-0.2, -0.15) is 0 Å². The second-order valence-corrected chi connectivity index (χ2v) is 6.76. The van der Waals surface area contributed by atoms with Crippen molar-refractivity contribution < 1.29 is 14.3 Å². The third kappa shape index (κ3) is 4.28. The lowest BCUT2D eigenvalue weighted by atomic mass is 9.96. The number of hydrogen-bond acceptors (Lipinski definition) is 3. The van der Waals surface area contributed by atoms with Crippen LogP contribution in [0, 0.1) is 5.92 Å². The molecule has 1 aromatic carbocycles. The van der Waals surface area contributed by atoms with E-state index in [0.29, 0.717) is 32.0 Å². The number of ether oxygens (including phenoxy) is 1. The number of methoxy groups -OCH3 is 1. The molecule has 130 valence electrons. The first-order valence-corrected chi connectivity index (χ1v) is 8.87. The van der Waals surface area contributed by atoms with Gasteiger partial charge in [-0.25, -0.2) is 0 Å². The normalized spacial score (nSPS) is 20.8. The van der Waals surface area contributed by atoms with Crippen LogP contribution in [0.5, 0.6) is 5.75 Å². The van der Waals surface area contributed by atoms with Gasteiger partial charge in [0, 0.05) is 25.6 Å². The Morgan fingerprint density at radius 1 is 1.25 bits per heavy atom. The summed E-state index contributed by atoms with van der Waals surface area (Å²) >= 11 is 0. The molecule has 1 aliphatic heterocycles. The summed E-state index contributed by atoms with van der Waals surface area (Å²) in [4.78, 5) is 26.1. The third-order valence-electron chi connectivity index (χ3n) is 4.90. The SMILES string of the molecule is COc1ccc(CCCNC(=O)C2CCC(=O)N(C3CC3)C2)cc1. The minimum atomic E-state index is -0.0377. The molecule has 1 unspecified atom stereocenters. The van der Waals surface area contributed by atoms with Crippen molar-refractivity contribution in [3.05, 3.63) is 29.8 Å². The number of nitrogens with one attached hydrogen (secondary N) is 1. The van der Waals surface area contributed by atoms with E-state index < -0.39 is 0 Å². The summed E-state index contributed by atoms with van der Waals surface area (Å²) in [5.74, 6) is 1.15. The van der Waals surface area contributed by atoms with Gasteiger partial charge in [-0.05, 0) is 49.8 Å². The number of carbonyl (C=O) groups is 2.